The Bertz CT molecular complexity index is 831. The van der Waals surface area contributed by atoms with Crippen LogP contribution in [0.25, 0.3) is 0 Å². The molecule has 1 aromatic carbocycles. The largest absolute Gasteiger partial charge is 0.492 e. The molecule has 8 nitrogen and oxygen atoms in total. The van der Waals surface area contributed by atoms with E-state index in [1.807, 2.05) is 30.0 Å². The average Bonchev–Trinajstić information content (AvgIpc) is 3.34. The van der Waals surface area contributed by atoms with Crippen molar-refractivity contribution in [2.45, 2.75) is 13.3 Å². The molecular weight excluding hydrogens is 398 g/mol. The molecule has 0 saturated carbocycles. The summed E-state index contributed by atoms with van der Waals surface area (Å²) in [5.41, 5.74) is 1.54. The lowest BCUT2D eigenvalue weighted by Gasteiger charge is -2.37. The summed E-state index contributed by atoms with van der Waals surface area (Å²) in [5.74, 6) is 0.771. The number of methoxy groups -OCH3 is 1. The van der Waals surface area contributed by atoms with Crippen molar-refractivity contribution in [2.24, 2.45) is 0 Å². The fourth-order valence-corrected chi connectivity index (χ4v) is 3.67. The smallest absolute Gasteiger partial charge is 0.257 e. The van der Waals surface area contributed by atoms with Gasteiger partial charge in [0.2, 0.25) is 5.91 Å². The predicted molar refractivity (Wildman–Crippen MR) is 118 cm³/mol. The zero-order valence-corrected chi connectivity index (χ0v) is 18.3. The van der Waals surface area contributed by atoms with Crippen LogP contribution in [0.1, 0.15) is 23.7 Å². The Morgan fingerprint density at radius 1 is 1.10 bits per heavy atom. The number of carbonyl (C=O) groups is 2. The van der Waals surface area contributed by atoms with Gasteiger partial charge in [0.1, 0.15) is 12.0 Å². The fourth-order valence-electron chi connectivity index (χ4n) is 3.67. The molecule has 1 aliphatic rings. The first-order valence-corrected chi connectivity index (χ1v) is 10.7. The number of piperazine rings is 1. The first kappa shape index (κ1) is 22.7. The number of carbonyl (C=O) groups excluding carboxylic acids is 2. The van der Waals surface area contributed by atoms with Gasteiger partial charge in [-0.1, -0.05) is 12.1 Å². The van der Waals surface area contributed by atoms with Crippen molar-refractivity contribution in [3.63, 3.8) is 0 Å². The van der Waals surface area contributed by atoms with Crippen LogP contribution in [0.3, 0.4) is 0 Å². The van der Waals surface area contributed by atoms with E-state index < -0.39 is 0 Å². The Morgan fingerprint density at radius 2 is 1.87 bits per heavy atom. The minimum absolute atomic E-state index is 0.0557. The fraction of sp³-hybridized carbons (Fsp3) is 0.478. The summed E-state index contributed by atoms with van der Waals surface area (Å²) in [7, 11) is 1.59. The van der Waals surface area contributed by atoms with E-state index in [-0.39, 0.29) is 18.2 Å². The highest BCUT2D eigenvalue weighted by Crippen LogP contribution is 2.28. The van der Waals surface area contributed by atoms with Gasteiger partial charge in [-0.2, -0.15) is 0 Å². The summed E-state index contributed by atoms with van der Waals surface area (Å²) in [4.78, 5) is 31.2. The number of para-hydroxylation sites is 2. The Kier molecular flexibility index (Phi) is 8.35. The molecule has 3 rings (SSSR count). The number of ether oxygens (including phenoxy) is 2. The van der Waals surface area contributed by atoms with Gasteiger partial charge in [-0.3, -0.25) is 9.59 Å². The quantitative estimate of drug-likeness (QED) is 0.578. The van der Waals surface area contributed by atoms with Crippen molar-refractivity contribution in [1.82, 2.24) is 9.80 Å². The highest BCUT2D eigenvalue weighted by Gasteiger charge is 2.24. The molecule has 0 atom stereocenters. The third-order valence-electron chi connectivity index (χ3n) is 5.35. The van der Waals surface area contributed by atoms with Gasteiger partial charge in [0.25, 0.3) is 5.91 Å². The van der Waals surface area contributed by atoms with Crippen LogP contribution in [-0.2, 0) is 9.53 Å². The van der Waals surface area contributed by atoms with Crippen molar-refractivity contribution in [3.8, 4) is 5.75 Å². The highest BCUT2D eigenvalue weighted by atomic mass is 16.5. The van der Waals surface area contributed by atoms with E-state index in [0.717, 1.165) is 24.5 Å². The molecule has 31 heavy (non-hydrogen) atoms. The monoisotopic (exact) mass is 429 g/mol. The Labute approximate surface area is 183 Å². The molecule has 1 aliphatic heterocycles. The van der Waals surface area contributed by atoms with Crippen LogP contribution >= 0.6 is 0 Å². The normalized spacial score (nSPS) is 13.9. The van der Waals surface area contributed by atoms with Gasteiger partial charge in [-0.15, -0.1) is 0 Å². The summed E-state index contributed by atoms with van der Waals surface area (Å²) in [6, 6.07) is 9.62. The molecule has 0 unspecified atom stereocenters. The van der Waals surface area contributed by atoms with Crippen molar-refractivity contribution < 1.29 is 23.5 Å². The van der Waals surface area contributed by atoms with Crippen LogP contribution in [0.15, 0.2) is 47.3 Å². The minimum atomic E-state index is -0.157. The van der Waals surface area contributed by atoms with Gasteiger partial charge < -0.3 is 28.6 Å². The maximum absolute atomic E-state index is 12.8. The molecule has 168 valence electrons. The summed E-state index contributed by atoms with van der Waals surface area (Å²) >= 11 is 0. The number of furan rings is 1. The summed E-state index contributed by atoms with van der Waals surface area (Å²) in [5, 5.41) is 0. The molecule has 0 radical (unpaired) electrons. The van der Waals surface area contributed by atoms with Gasteiger partial charge in [-0.05, 0) is 25.1 Å². The molecule has 1 fully saturated rings. The zero-order valence-electron chi connectivity index (χ0n) is 18.3. The third kappa shape index (κ3) is 6.01. The number of rotatable bonds is 10. The molecule has 8 heteroatoms. The third-order valence-corrected chi connectivity index (χ3v) is 5.35. The molecule has 0 bridgehead atoms. The van der Waals surface area contributed by atoms with Crippen molar-refractivity contribution in [3.05, 3.63) is 48.4 Å². The molecule has 2 amide bonds. The second-order valence-corrected chi connectivity index (χ2v) is 7.32. The van der Waals surface area contributed by atoms with E-state index >= 15 is 0 Å². The molecule has 0 spiro atoms. The second kappa shape index (κ2) is 11.4. The van der Waals surface area contributed by atoms with E-state index in [9.17, 15) is 9.59 Å². The molecule has 1 saturated heterocycles. The van der Waals surface area contributed by atoms with Gasteiger partial charge in [0, 0.05) is 52.8 Å². The molecule has 2 heterocycles. The maximum atomic E-state index is 12.8. The average molecular weight is 430 g/mol. The Hall–Kier alpha value is -3.00. The topological polar surface area (TPSA) is 75.5 Å². The van der Waals surface area contributed by atoms with Gasteiger partial charge in [0.05, 0.1) is 30.7 Å². The second-order valence-electron chi connectivity index (χ2n) is 7.32. The maximum Gasteiger partial charge on any atom is 0.257 e. The highest BCUT2D eigenvalue weighted by molar-refractivity contribution is 5.94. The van der Waals surface area contributed by atoms with E-state index in [4.69, 9.17) is 13.9 Å². The SMILES string of the molecule is CCOc1ccccc1N1CCN(C(=O)CCN(CCOC)C(=O)c2ccoc2)CC1. The summed E-state index contributed by atoms with van der Waals surface area (Å²) in [6.45, 7) is 6.56. The van der Waals surface area contributed by atoms with Crippen molar-refractivity contribution >= 4 is 17.5 Å². The van der Waals surface area contributed by atoms with Crippen LogP contribution in [0.2, 0.25) is 0 Å². The number of amides is 2. The van der Waals surface area contributed by atoms with Crippen LogP contribution in [0.5, 0.6) is 5.75 Å². The molecular formula is C23H31N3O5. The predicted octanol–water partition coefficient (Wildman–Crippen LogP) is 2.51. The first-order valence-electron chi connectivity index (χ1n) is 10.7. The van der Waals surface area contributed by atoms with Gasteiger partial charge >= 0.3 is 0 Å². The first-order chi connectivity index (χ1) is 15.1. The number of benzene rings is 1. The van der Waals surface area contributed by atoms with Crippen molar-refractivity contribution in [1.29, 1.82) is 0 Å². The Morgan fingerprint density at radius 3 is 2.55 bits per heavy atom. The van der Waals surface area contributed by atoms with Crippen LogP contribution in [0, 0.1) is 0 Å². The van der Waals surface area contributed by atoms with Crippen LogP contribution in [0.4, 0.5) is 5.69 Å². The molecule has 0 aliphatic carbocycles. The van der Waals surface area contributed by atoms with E-state index in [2.05, 4.69) is 11.0 Å². The van der Waals surface area contributed by atoms with E-state index in [1.165, 1.54) is 12.5 Å². The molecule has 2 aromatic rings. The Balaban J connectivity index is 1.52. The number of hydrogen-bond acceptors (Lipinski definition) is 6. The number of hydrogen-bond donors (Lipinski definition) is 0. The van der Waals surface area contributed by atoms with Crippen molar-refractivity contribution in [2.75, 3.05) is 64.5 Å². The summed E-state index contributed by atoms with van der Waals surface area (Å²) < 4.78 is 15.9. The standard InChI is InChI=1S/C23H31N3O5/c1-3-31-21-7-5-4-6-20(21)24-11-13-25(14-12-24)22(27)8-10-26(15-17-29-2)23(28)19-9-16-30-18-19/h4-7,9,16,18H,3,8,10-15,17H2,1-2H3. The summed E-state index contributed by atoms with van der Waals surface area (Å²) in [6.07, 6.45) is 3.17. The lowest BCUT2D eigenvalue weighted by Crippen LogP contribution is -2.49. The van der Waals surface area contributed by atoms with Gasteiger partial charge in [0.15, 0.2) is 0 Å². The van der Waals surface area contributed by atoms with Crippen LogP contribution in [-0.4, -0.2) is 81.2 Å². The number of anilines is 1. The lowest BCUT2D eigenvalue weighted by molar-refractivity contribution is -0.131. The number of nitrogens with zero attached hydrogens (tertiary/aromatic N) is 3. The molecule has 0 N–H and O–H groups in total. The van der Waals surface area contributed by atoms with E-state index in [0.29, 0.717) is 45.0 Å². The van der Waals surface area contributed by atoms with Crippen LogP contribution < -0.4 is 9.64 Å². The van der Waals surface area contributed by atoms with E-state index in [1.54, 1.807) is 18.1 Å². The lowest BCUT2D eigenvalue weighted by atomic mass is 10.2. The zero-order chi connectivity index (χ0) is 22.1. The minimum Gasteiger partial charge on any atom is -0.492 e. The molecule has 1 aromatic heterocycles. The van der Waals surface area contributed by atoms with Gasteiger partial charge in [-0.25, -0.2) is 0 Å².